The fraction of sp³-hybridized carbons (Fsp3) is 0.786. The van der Waals surface area contributed by atoms with Crippen molar-refractivity contribution in [3.63, 3.8) is 0 Å². The summed E-state index contributed by atoms with van der Waals surface area (Å²) < 4.78 is 30.3. The molecule has 0 bridgehead atoms. The predicted molar refractivity (Wildman–Crippen MR) is 131 cm³/mol. The summed E-state index contributed by atoms with van der Waals surface area (Å²) in [6, 6.07) is 0. The maximum Gasteiger partial charge on any atom is 0.261 e. The Morgan fingerprint density at radius 2 is 2.03 bits per heavy atom. The molecular weight excluding hydrogens is 436 g/mol. The van der Waals surface area contributed by atoms with Crippen molar-refractivity contribution in [2.24, 2.45) is 23.2 Å². The van der Waals surface area contributed by atoms with E-state index in [0.717, 1.165) is 43.6 Å². The van der Waals surface area contributed by atoms with Gasteiger partial charge >= 0.3 is 0 Å². The molecule has 0 aromatic rings. The molecule has 6 heteroatoms. The SMILES string of the molecule is C=C1/C(=C\C=C2/CCC[C@]3(C)[C@@H]([C@H](C)CN4CC[C@@H](OCC(F)F)C4)CC[C@@H]23)CC(O)CC1O. The van der Waals surface area contributed by atoms with Gasteiger partial charge in [0, 0.05) is 26.1 Å². The van der Waals surface area contributed by atoms with E-state index < -0.39 is 25.2 Å². The van der Waals surface area contributed by atoms with E-state index in [0.29, 0.717) is 30.6 Å². The summed E-state index contributed by atoms with van der Waals surface area (Å²) in [5.74, 6) is 1.80. The molecule has 1 heterocycles. The second-order valence-electron chi connectivity index (χ2n) is 11.5. The van der Waals surface area contributed by atoms with Gasteiger partial charge in [0.25, 0.3) is 6.43 Å². The molecule has 0 aromatic heterocycles. The van der Waals surface area contributed by atoms with Crippen molar-refractivity contribution in [2.45, 2.75) is 90.0 Å². The highest BCUT2D eigenvalue weighted by Crippen LogP contribution is 2.59. The number of rotatable bonds is 7. The molecule has 1 saturated heterocycles. The van der Waals surface area contributed by atoms with Gasteiger partial charge in [-0.05, 0) is 79.3 Å². The summed E-state index contributed by atoms with van der Waals surface area (Å²) in [5, 5.41) is 20.2. The van der Waals surface area contributed by atoms with Crippen LogP contribution < -0.4 is 0 Å². The van der Waals surface area contributed by atoms with Crippen molar-refractivity contribution in [3.8, 4) is 0 Å². The fourth-order valence-corrected chi connectivity index (χ4v) is 7.52. The molecule has 4 fully saturated rings. The van der Waals surface area contributed by atoms with E-state index in [2.05, 4.69) is 37.5 Å². The van der Waals surface area contributed by atoms with Gasteiger partial charge in [-0.25, -0.2) is 8.78 Å². The monoisotopic (exact) mass is 479 g/mol. The van der Waals surface area contributed by atoms with E-state index in [9.17, 15) is 19.0 Å². The largest absolute Gasteiger partial charge is 0.393 e. The first-order chi connectivity index (χ1) is 16.2. The molecule has 192 valence electrons. The minimum absolute atomic E-state index is 0.0584. The Labute approximate surface area is 203 Å². The van der Waals surface area contributed by atoms with Crippen LogP contribution in [0.25, 0.3) is 0 Å². The number of aliphatic hydroxyl groups excluding tert-OH is 2. The van der Waals surface area contributed by atoms with Crippen molar-refractivity contribution in [3.05, 3.63) is 35.5 Å². The number of fused-ring (bicyclic) bond motifs is 1. The maximum absolute atomic E-state index is 12.5. The zero-order valence-electron chi connectivity index (χ0n) is 20.9. The number of aliphatic hydroxyl groups is 2. The third-order valence-corrected chi connectivity index (χ3v) is 9.22. The van der Waals surface area contributed by atoms with Crippen LogP contribution in [-0.4, -0.2) is 66.1 Å². The van der Waals surface area contributed by atoms with Gasteiger partial charge in [-0.3, -0.25) is 0 Å². The van der Waals surface area contributed by atoms with Crippen LogP contribution in [0.1, 0.15) is 65.2 Å². The van der Waals surface area contributed by atoms with Gasteiger partial charge in [0.15, 0.2) is 0 Å². The summed E-state index contributed by atoms with van der Waals surface area (Å²) >= 11 is 0. The van der Waals surface area contributed by atoms with Crippen LogP contribution in [0.2, 0.25) is 0 Å². The minimum atomic E-state index is -2.39. The first-order valence-electron chi connectivity index (χ1n) is 13.2. The molecule has 3 aliphatic carbocycles. The number of ether oxygens (including phenoxy) is 1. The third kappa shape index (κ3) is 5.66. The molecule has 0 amide bonds. The lowest BCUT2D eigenvalue weighted by atomic mass is 9.61. The molecule has 0 radical (unpaired) electrons. The van der Waals surface area contributed by atoms with Crippen LogP contribution in [0.3, 0.4) is 0 Å². The van der Waals surface area contributed by atoms with Crippen molar-refractivity contribution in [1.82, 2.24) is 4.90 Å². The number of hydrogen-bond donors (Lipinski definition) is 2. The number of likely N-dealkylation sites (tertiary alicyclic amines) is 1. The second-order valence-corrected chi connectivity index (χ2v) is 11.5. The second kappa shape index (κ2) is 10.9. The highest BCUT2D eigenvalue weighted by atomic mass is 19.3. The molecule has 3 saturated carbocycles. The van der Waals surface area contributed by atoms with Gasteiger partial charge in [0.05, 0.1) is 18.3 Å². The Morgan fingerprint density at radius 1 is 1.24 bits per heavy atom. The average Bonchev–Trinajstić information content (AvgIpc) is 3.37. The lowest BCUT2D eigenvalue weighted by Gasteiger charge is -2.45. The van der Waals surface area contributed by atoms with Crippen LogP contribution >= 0.6 is 0 Å². The summed E-state index contributed by atoms with van der Waals surface area (Å²) in [5.41, 5.74) is 3.53. The van der Waals surface area contributed by atoms with Crippen molar-refractivity contribution in [1.29, 1.82) is 0 Å². The summed E-state index contributed by atoms with van der Waals surface area (Å²) in [4.78, 5) is 2.41. The first kappa shape index (κ1) is 26.0. The molecule has 7 atom stereocenters. The Hall–Kier alpha value is -1.08. The summed E-state index contributed by atoms with van der Waals surface area (Å²) in [7, 11) is 0. The first-order valence-corrected chi connectivity index (χ1v) is 13.2. The fourth-order valence-electron chi connectivity index (χ4n) is 7.52. The lowest BCUT2D eigenvalue weighted by Crippen LogP contribution is -2.39. The van der Waals surface area contributed by atoms with Gasteiger partial charge < -0.3 is 19.8 Å². The summed E-state index contributed by atoms with van der Waals surface area (Å²) in [6.45, 7) is 11.2. The van der Waals surface area contributed by atoms with Crippen molar-refractivity contribution >= 4 is 0 Å². The molecular formula is C28H43F2NO3. The van der Waals surface area contributed by atoms with Gasteiger partial charge in [0.2, 0.25) is 0 Å². The average molecular weight is 480 g/mol. The maximum atomic E-state index is 12.5. The van der Waals surface area contributed by atoms with E-state index >= 15 is 0 Å². The number of alkyl halides is 2. The Bertz CT molecular complexity index is 797. The number of nitrogens with zero attached hydrogens (tertiary/aromatic N) is 1. The van der Waals surface area contributed by atoms with Crippen LogP contribution in [0.15, 0.2) is 35.5 Å². The zero-order chi connectivity index (χ0) is 24.5. The van der Waals surface area contributed by atoms with Crippen LogP contribution in [0.4, 0.5) is 8.78 Å². The predicted octanol–water partition coefficient (Wildman–Crippen LogP) is 5.12. The van der Waals surface area contributed by atoms with Crippen LogP contribution in [0.5, 0.6) is 0 Å². The van der Waals surface area contributed by atoms with E-state index in [4.69, 9.17) is 4.74 Å². The molecule has 34 heavy (non-hydrogen) atoms. The molecule has 4 aliphatic rings. The summed E-state index contributed by atoms with van der Waals surface area (Å²) in [6.07, 6.45) is 8.61. The number of hydrogen-bond acceptors (Lipinski definition) is 4. The smallest absolute Gasteiger partial charge is 0.261 e. The quantitative estimate of drug-likeness (QED) is 0.532. The van der Waals surface area contributed by atoms with Crippen LogP contribution in [-0.2, 0) is 4.74 Å². The molecule has 1 aliphatic heterocycles. The molecule has 2 unspecified atom stereocenters. The molecule has 2 N–H and O–H groups in total. The standard InChI is InChI=1S/C28H43F2NO3/c1-18(15-31-12-10-23(16-31)34-17-27(29)30)24-8-9-25-20(5-4-11-28(24,25)3)6-7-21-13-22(32)14-26(33)19(21)2/h6-7,18,22-27,32-33H,2,4-5,8-17H2,1,3H3/b20-6+,21-7-/t18-,22?,23-,24-,25+,26?,28-/m1/s1. The van der Waals surface area contributed by atoms with Crippen LogP contribution in [0, 0.1) is 23.2 Å². The van der Waals surface area contributed by atoms with Crippen molar-refractivity contribution < 1.29 is 23.7 Å². The topological polar surface area (TPSA) is 52.9 Å². The van der Waals surface area contributed by atoms with Gasteiger partial charge in [-0.1, -0.05) is 38.2 Å². The number of halogens is 2. The molecule has 0 aromatic carbocycles. The zero-order valence-corrected chi connectivity index (χ0v) is 20.9. The van der Waals surface area contributed by atoms with Gasteiger partial charge in [-0.15, -0.1) is 0 Å². The third-order valence-electron chi connectivity index (χ3n) is 9.22. The number of allylic oxidation sites excluding steroid dienone is 3. The van der Waals surface area contributed by atoms with E-state index in [1.54, 1.807) is 0 Å². The van der Waals surface area contributed by atoms with Gasteiger partial charge in [0.1, 0.15) is 6.61 Å². The van der Waals surface area contributed by atoms with E-state index in [1.807, 2.05) is 0 Å². The van der Waals surface area contributed by atoms with E-state index in [1.165, 1.54) is 31.3 Å². The highest BCUT2D eigenvalue weighted by Gasteiger charge is 2.50. The van der Waals surface area contributed by atoms with E-state index in [-0.39, 0.29) is 11.5 Å². The van der Waals surface area contributed by atoms with Crippen molar-refractivity contribution in [2.75, 3.05) is 26.2 Å². The molecule has 4 nitrogen and oxygen atoms in total. The Balaban J connectivity index is 1.39. The van der Waals surface area contributed by atoms with Gasteiger partial charge in [-0.2, -0.15) is 0 Å². The lowest BCUT2D eigenvalue weighted by molar-refractivity contribution is -0.0207. The minimum Gasteiger partial charge on any atom is -0.393 e. The Kier molecular flexibility index (Phi) is 8.33. The normalized spacial score (nSPS) is 40.4. The Morgan fingerprint density at radius 3 is 2.79 bits per heavy atom. The molecule has 0 spiro atoms. The molecule has 4 rings (SSSR count). The highest BCUT2D eigenvalue weighted by molar-refractivity contribution is 5.38.